The number of H-pyrrole nitrogens is 1. The van der Waals surface area contributed by atoms with E-state index in [0.29, 0.717) is 54.4 Å². The van der Waals surface area contributed by atoms with E-state index in [0.717, 1.165) is 11.3 Å². The van der Waals surface area contributed by atoms with Crippen LogP contribution in [0, 0.1) is 6.92 Å². The summed E-state index contributed by atoms with van der Waals surface area (Å²) in [4.78, 5) is 44.4. The third-order valence-corrected chi connectivity index (χ3v) is 5.61. The van der Waals surface area contributed by atoms with Crippen LogP contribution >= 0.6 is 11.6 Å². The maximum atomic E-state index is 12.9. The summed E-state index contributed by atoms with van der Waals surface area (Å²) in [7, 11) is 0. The highest BCUT2D eigenvalue weighted by Gasteiger charge is 2.26. The number of piperazine rings is 1. The van der Waals surface area contributed by atoms with E-state index in [2.05, 4.69) is 4.98 Å². The Kier molecular flexibility index (Phi) is 6.55. The second-order valence-corrected chi connectivity index (χ2v) is 7.83. The first-order chi connectivity index (χ1) is 13.8. The Labute approximate surface area is 175 Å². The van der Waals surface area contributed by atoms with Crippen molar-refractivity contribution in [3.05, 3.63) is 57.4 Å². The lowest BCUT2D eigenvalue weighted by molar-refractivity contribution is 0.0623. The number of hydrogen-bond acceptors (Lipinski definition) is 4. The van der Waals surface area contributed by atoms with Crippen LogP contribution in [0.3, 0.4) is 0 Å². The Balaban J connectivity index is 1.63. The summed E-state index contributed by atoms with van der Waals surface area (Å²) in [5.74, 6) is -0.0901. The third-order valence-electron chi connectivity index (χ3n) is 5.37. The second kappa shape index (κ2) is 8.93. The monoisotopic (exact) mass is 415 g/mol. The summed E-state index contributed by atoms with van der Waals surface area (Å²) < 4.78 is 0. The molecule has 1 N–H and O–H groups in total. The molecular formula is C22H26ClN3O3. The molecule has 1 fully saturated rings. The number of nitrogens with one attached hydrogen (secondary N) is 1. The summed E-state index contributed by atoms with van der Waals surface area (Å²) in [6, 6.07) is 6.94. The Morgan fingerprint density at radius 3 is 2.41 bits per heavy atom. The molecule has 1 amide bonds. The van der Waals surface area contributed by atoms with E-state index < -0.39 is 0 Å². The SMILES string of the molecule is CCc1c(C(=O)CN2CCN(C(=O)c3cccc(Cl)c3)CC2)[nH]c(C)c1C(C)=O. The molecule has 1 aliphatic heterocycles. The van der Waals surface area contributed by atoms with Crippen molar-refractivity contribution in [2.24, 2.45) is 0 Å². The van der Waals surface area contributed by atoms with Crippen molar-refractivity contribution >= 4 is 29.1 Å². The van der Waals surface area contributed by atoms with Gasteiger partial charge in [-0.2, -0.15) is 0 Å². The van der Waals surface area contributed by atoms with Crippen LogP contribution in [-0.2, 0) is 6.42 Å². The second-order valence-electron chi connectivity index (χ2n) is 7.39. The molecule has 1 saturated heterocycles. The number of benzene rings is 1. The third kappa shape index (κ3) is 4.60. The van der Waals surface area contributed by atoms with E-state index in [1.165, 1.54) is 6.92 Å². The number of hydrogen-bond donors (Lipinski definition) is 1. The molecule has 7 heteroatoms. The summed E-state index contributed by atoms with van der Waals surface area (Å²) in [5, 5.41) is 0.540. The molecule has 29 heavy (non-hydrogen) atoms. The number of rotatable bonds is 6. The minimum atomic E-state index is -0.0437. The highest BCUT2D eigenvalue weighted by atomic mass is 35.5. The number of carbonyl (C=O) groups excluding carboxylic acids is 3. The van der Waals surface area contributed by atoms with Gasteiger partial charge in [0.1, 0.15) is 0 Å². The van der Waals surface area contributed by atoms with E-state index >= 15 is 0 Å². The fraction of sp³-hybridized carbons (Fsp3) is 0.409. The molecule has 0 saturated carbocycles. The van der Waals surface area contributed by atoms with Gasteiger partial charge in [-0.25, -0.2) is 0 Å². The van der Waals surface area contributed by atoms with Crippen molar-refractivity contribution < 1.29 is 14.4 Å². The predicted octanol–water partition coefficient (Wildman–Crippen LogP) is 3.38. The zero-order chi connectivity index (χ0) is 21.1. The number of aromatic nitrogens is 1. The van der Waals surface area contributed by atoms with Gasteiger partial charge in [0.15, 0.2) is 11.6 Å². The Bertz CT molecular complexity index is 943. The first-order valence-corrected chi connectivity index (χ1v) is 10.2. The molecule has 154 valence electrons. The van der Waals surface area contributed by atoms with Crippen molar-refractivity contribution in [2.45, 2.75) is 27.2 Å². The molecule has 0 spiro atoms. The Morgan fingerprint density at radius 2 is 1.83 bits per heavy atom. The van der Waals surface area contributed by atoms with Crippen molar-refractivity contribution in [2.75, 3.05) is 32.7 Å². The number of aryl methyl sites for hydroxylation is 1. The number of aromatic amines is 1. The molecule has 1 aliphatic rings. The molecular weight excluding hydrogens is 390 g/mol. The lowest BCUT2D eigenvalue weighted by atomic mass is 10.0. The topological polar surface area (TPSA) is 73.5 Å². The van der Waals surface area contributed by atoms with Gasteiger partial charge in [0, 0.05) is 48.0 Å². The highest BCUT2D eigenvalue weighted by molar-refractivity contribution is 6.30. The zero-order valence-electron chi connectivity index (χ0n) is 17.0. The minimum absolute atomic E-state index is 0.0212. The van der Waals surface area contributed by atoms with Gasteiger partial charge in [0.05, 0.1) is 12.2 Å². The molecule has 3 rings (SSSR count). The van der Waals surface area contributed by atoms with Crippen LogP contribution in [0.15, 0.2) is 24.3 Å². The molecule has 1 aromatic carbocycles. The van der Waals surface area contributed by atoms with E-state index in [4.69, 9.17) is 11.6 Å². The lowest BCUT2D eigenvalue weighted by Gasteiger charge is -2.34. The predicted molar refractivity (Wildman–Crippen MR) is 113 cm³/mol. The van der Waals surface area contributed by atoms with Crippen LogP contribution in [0.25, 0.3) is 0 Å². The molecule has 0 unspecified atom stereocenters. The number of nitrogens with zero attached hydrogens (tertiary/aromatic N) is 2. The molecule has 2 aromatic rings. The fourth-order valence-electron chi connectivity index (χ4n) is 3.94. The van der Waals surface area contributed by atoms with Crippen molar-refractivity contribution in [3.63, 3.8) is 0 Å². The van der Waals surface area contributed by atoms with Crippen LogP contribution in [-0.4, -0.2) is 65.0 Å². The molecule has 0 radical (unpaired) electrons. The minimum Gasteiger partial charge on any atom is -0.355 e. The van der Waals surface area contributed by atoms with E-state index in [1.54, 1.807) is 29.2 Å². The standard InChI is InChI=1S/C22H26ClN3O3/c1-4-18-20(15(3)27)14(2)24-21(18)19(28)13-25-8-10-26(11-9-25)22(29)16-6-5-7-17(23)12-16/h5-7,12,24H,4,8-11,13H2,1-3H3. The summed E-state index contributed by atoms with van der Waals surface area (Å²) in [6.45, 7) is 7.93. The smallest absolute Gasteiger partial charge is 0.253 e. The average Bonchev–Trinajstić information content (AvgIpc) is 3.04. The molecule has 1 aromatic heterocycles. The van der Waals surface area contributed by atoms with Gasteiger partial charge >= 0.3 is 0 Å². The molecule has 0 aliphatic carbocycles. The normalized spacial score (nSPS) is 14.8. The summed E-state index contributed by atoms with van der Waals surface area (Å²) in [6.07, 6.45) is 0.627. The quantitative estimate of drug-likeness (QED) is 0.734. The van der Waals surface area contributed by atoms with Crippen LogP contribution in [0.1, 0.15) is 56.3 Å². The lowest BCUT2D eigenvalue weighted by Crippen LogP contribution is -2.50. The zero-order valence-corrected chi connectivity index (χ0v) is 17.8. The first kappa shape index (κ1) is 21.3. The molecule has 0 bridgehead atoms. The van der Waals surface area contributed by atoms with Crippen LogP contribution in [0.5, 0.6) is 0 Å². The maximum Gasteiger partial charge on any atom is 0.253 e. The maximum absolute atomic E-state index is 12.9. The Hall–Kier alpha value is -2.44. The average molecular weight is 416 g/mol. The number of halogens is 1. The van der Waals surface area contributed by atoms with Gasteiger partial charge in [-0.05, 0) is 44.0 Å². The molecule has 2 heterocycles. The summed E-state index contributed by atoms with van der Waals surface area (Å²) >= 11 is 5.98. The number of amides is 1. The largest absolute Gasteiger partial charge is 0.355 e. The van der Waals surface area contributed by atoms with E-state index in [-0.39, 0.29) is 24.0 Å². The fourth-order valence-corrected chi connectivity index (χ4v) is 4.13. The van der Waals surface area contributed by atoms with Gasteiger partial charge in [0.2, 0.25) is 0 Å². The highest BCUT2D eigenvalue weighted by Crippen LogP contribution is 2.21. The summed E-state index contributed by atoms with van der Waals surface area (Å²) in [5.41, 5.74) is 3.29. The molecule has 0 atom stereocenters. The van der Waals surface area contributed by atoms with Gasteiger partial charge in [-0.3, -0.25) is 19.3 Å². The van der Waals surface area contributed by atoms with Gasteiger partial charge in [-0.1, -0.05) is 24.6 Å². The first-order valence-electron chi connectivity index (χ1n) is 9.84. The van der Waals surface area contributed by atoms with Gasteiger partial charge < -0.3 is 9.88 Å². The van der Waals surface area contributed by atoms with Crippen molar-refractivity contribution in [1.82, 2.24) is 14.8 Å². The van der Waals surface area contributed by atoms with E-state index in [1.807, 2.05) is 18.7 Å². The van der Waals surface area contributed by atoms with Crippen molar-refractivity contribution in [3.8, 4) is 0 Å². The molecule has 6 nitrogen and oxygen atoms in total. The van der Waals surface area contributed by atoms with Crippen molar-refractivity contribution in [1.29, 1.82) is 0 Å². The van der Waals surface area contributed by atoms with Gasteiger partial charge in [-0.15, -0.1) is 0 Å². The number of ketones is 2. The Morgan fingerprint density at radius 1 is 1.14 bits per heavy atom. The van der Waals surface area contributed by atoms with Crippen LogP contribution in [0.4, 0.5) is 0 Å². The van der Waals surface area contributed by atoms with Crippen LogP contribution in [0.2, 0.25) is 5.02 Å². The number of carbonyl (C=O) groups is 3. The van der Waals surface area contributed by atoms with Gasteiger partial charge in [0.25, 0.3) is 5.91 Å². The van der Waals surface area contributed by atoms with E-state index in [9.17, 15) is 14.4 Å². The van der Waals surface area contributed by atoms with Crippen LogP contribution < -0.4 is 0 Å². The number of Topliss-reactive ketones (excluding diaryl/α,β-unsaturated/α-hetero) is 2.